The predicted molar refractivity (Wildman–Crippen MR) is 101 cm³/mol. The first kappa shape index (κ1) is 17.0. The summed E-state index contributed by atoms with van der Waals surface area (Å²) in [6.45, 7) is 2.82. The number of carbonyl (C=O) groups excluding carboxylic acids is 1. The van der Waals surface area contributed by atoms with Gasteiger partial charge in [0.2, 0.25) is 5.91 Å². The Balaban J connectivity index is 1.66. The Kier molecular flexibility index (Phi) is 4.35. The summed E-state index contributed by atoms with van der Waals surface area (Å²) in [6.07, 6.45) is 2.46. The molecule has 1 aliphatic carbocycles. The summed E-state index contributed by atoms with van der Waals surface area (Å²) in [5.41, 5.74) is 4.93. The molecule has 2 aliphatic rings. The number of rotatable bonds is 4. The van der Waals surface area contributed by atoms with Crippen LogP contribution < -0.4 is 9.47 Å². The summed E-state index contributed by atoms with van der Waals surface area (Å²) >= 11 is 0. The topological polar surface area (TPSA) is 38.8 Å². The summed E-state index contributed by atoms with van der Waals surface area (Å²) in [5, 5.41) is 0. The van der Waals surface area contributed by atoms with Gasteiger partial charge in [0.15, 0.2) is 11.5 Å². The molecule has 1 heterocycles. The van der Waals surface area contributed by atoms with Crippen molar-refractivity contribution in [2.75, 3.05) is 14.2 Å². The van der Waals surface area contributed by atoms with Crippen LogP contribution in [0.2, 0.25) is 0 Å². The van der Waals surface area contributed by atoms with E-state index >= 15 is 0 Å². The molecule has 1 unspecified atom stereocenters. The fourth-order valence-electron chi connectivity index (χ4n) is 4.60. The lowest BCUT2D eigenvalue weighted by atomic mass is 9.79. The van der Waals surface area contributed by atoms with Gasteiger partial charge in [0, 0.05) is 30.5 Å². The van der Waals surface area contributed by atoms with Crippen molar-refractivity contribution in [1.82, 2.24) is 4.90 Å². The van der Waals surface area contributed by atoms with E-state index < -0.39 is 0 Å². The van der Waals surface area contributed by atoms with Crippen molar-refractivity contribution in [3.8, 4) is 11.5 Å². The smallest absolute Gasteiger partial charge is 0.223 e. The van der Waals surface area contributed by atoms with Crippen LogP contribution in [0.4, 0.5) is 0 Å². The van der Waals surface area contributed by atoms with Crippen molar-refractivity contribution in [2.45, 2.75) is 44.7 Å². The normalized spacial score (nSPS) is 21.3. The molecule has 0 bridgehead atoms. The van der Waals surface area contributed by atoms with Crippen LogP contribution in [-0.2, 0) is 17.8 Å². The first-order valence-corrected chi connectivity index (χ1v) is 9.21. The second kappa shape index (κ2) is 6.67. The second-order valence-electron chi connectivity index (χ2n) is 7.23. The highest BCUT2D eigenvalue weighted by Gasteiger charge is 2.44. The van der Waals surface area contributed by atoms with Gasteiger partial charge >= 0.3 is 0 Å². The first-order chi connectivity index (χ1) is 12.6. The third-order valence-electron chi connectivity index (χ3n) is 5.96. The summed E-state index contributed by atoms with van der Waals surface area (Å²) in [6, 6.07) is 12.7. The van der Waals surface area contributed by atoms with Gasteiger partial charge in [-0.25, -0.2) is 0 Å². The maximum absolute atomic E-state index is 12.8. The largest absolute Gasteiger partial charge is 0.493 e. The van der Waals surface area contributed by atoms with Crippen molar-refractivity contribution < 1.29 is 14.3 Å². The Morgan fingerprint density at radius 3 is 2.65 bits per heavy atom. The average Bonchev–Trinajstić information content (AvgIpc) is 2.98. The predicted octanol–water partition coefficient (Wildman–Crippen LogP) is 3.84. The van der Waals surface area contributed by atoms with E-state index in [1.807, 2.05) is 18.2 Å². The van der Waals surface area contributed by atoms with Crippen molar-refractivity contribution >= 4 is 5.91 Å². The number of hydrogen-bond acceptors (Lipinski definition) is 3. The molecule has 0 spiro atoms. The number of carbonyl (C=O) groups is 1. The molecule has 4 rings (SSSR count). The molecule has 0 saturated carbocycles. The zero-order valence-corrected chi connectivity index (χ0v) is 15.6. The number of nitrogens with zero attached hydrogens (tertiary/aromatic N) is 1. The highest BCUT2D eigenvalue weighted by molar-refractivity contribution is 5.81. The Labute approximate surface area is 154 Å². The fourth-order valence-corrected chi connectivity index (χ4v) is 4.60. The zero-order chi connectivity index (χ0) is 18.3. The molecule has 4 heteroatoms. The van der Waals surface area contributed by atoms with E-state index in [4.69, 9.17) is 9.47 Å². The standard InChI is InChI=1S/C22H25NO3/c1-14-6-4-5-7-15(14)13-23-19-10-8-17-16(18(19)12-21(23)24)9-11-20(25-2)22(17)26-3/h4-7,9,11,18-19H,8,10,12-13H2,1-3H3/t18-,19?/m0/s1. The summed E-state index contributed by atoms with van der Waals surface area (Å²) in [5.74, 6) is 2.10. The molecule has 1 amide bonds. The van der Waals surface area contributed by atoms with Gasteiger partial charge in [-0.1, -0.05) is 30.3 Å². The van der Waals surface area contributed by atoms with Crippen LogP contribution in [0.25, 0.3) is 0 Å². The van der Waals surface area contributed by atoms with Crippen molar-refractivity contribution in [3.63, 3.8) is 0 Å². The molecule has 2 atom stereocenters. The van der Waals surface area contributed by atoms with Crippen LogP contribution in [-0.4, -0.2) is 31.1 Å². The fraction of sp³-hybridized carbons (Fsp3) is 0.409. The minimum atomic E-state index is 0.245. The SMILES string of the molecule is COc1ccc2c(c1OC)CCC1[C@H]2CC(=O)N1Cc1ccccc1C. The molecular formula is C22H25NO3. The molecule has 0 radical (unpaired) electrons. The third kappa shape index (κ3) is 2.64. The van der Waals surface area contributed by atoms with Gasteiger partial charge in [-0.3, -0.25) is 4.79 Å². The summed E-state index contributed by atoms with van der Waals surface area (Å²) in [7, 11) is 3.35. The number of aryl methyl sites for hydroxylation is 1. The van der Waals surface area contributed by atoms with E-state index in [1.165, 1.54) is 22.3 Å². The van der Waals surface area contributed by atoms with Gasteiger partial charge in [0.25, 0.3) is 0 Å². The molecule has 2 aromatic rings. The number of fused-ring (bicyclic) bond motifs is 3. The number of likely N-dealkylation sites (tertiary alicyclic amines) is 1. The molecule has 136 valence electrons. The van der Waals surface area contributed by atoms with Crippen LogP contribution in [0.15, 0.2) is 36.4 Å². The number of amides is 1. The molecule has 26 heavy (non-hydrogen) atoms. The van der Waals surface area contributed by atoms with E-state index in [0.717, 1.165) is 24.3 Å². The average molecular weight is 351 g/mol. The van der Waals surface area contributed by atoms with Gasteiger partial charge in [-0.2, -0.15) is 0 Å². The van der Waals surface area contributed by atoms with Gasteiger partial charge in [-0.05, 0) is 42.5 Å². The van der Waals surface area contributed by atoms with Crippen molar-refractivity contribution in [3.05, 3.63) is 58.7 Å². The number of methoxy groups -OCH3 is 2. The van der Waals surface area contributed by atoms with Gasteiger partial charge in [0.05, 0.1) is 14.2 Å². The Bertz CT molecular complexity index is 845. The number of hydrogen-bond donors (Lipinski definition) is 0. The maximum Gasteiger partial charge on any atom is 0.223 e. The lowest BCUT2D eigenvalue weighted by molar-refractivity contribution is -0.129. The minimum absolute atomic E-state index is 0.245. The second-order valence-corrected chi connectivity index (χ2v) is 7.23. The summed E-state index contributed by atoms with van der Waals surface area (Å²) < 4.78 is 11.1. The number of ether oxygens (including phenoxy) is 2. The van der Waals surface area contributed by atoms with E-state index in [1.54, 1.807) is 14.2 Å². The molecular weight excluding hydrogens is 326 g/mol. The molecule has 2 aromatic carbocycles. The van der Waals surface area contributed by atoms with Crippen molar-refractivity contribution in [2.24, 2.45) is 0 Å². The Hall–Kier alpha value is -2.49. The molecule has 1 fully saturated rings. The molecule has 1 aliphatic heterocycles. The van der Waals surface area contributed by atoms with E-state index in [9.17, 15) is 4.79 Å². The first-order valence-electron chi connectivity index (χ1n) is 9.21. The zero-order valence-electron chi connectivity index (χ0n) is 15.6. The molecule has 0 N–H and O–H groups in total. The van der Waals surface area contributed by atoms with Gasteiger partial charge in [-0.15, -0.1) is 0 Å². The number of benzene rings is 2. The van der Waals surface area contributed by atoms with E-state index in [-0.39, 0.29) is 17.9 Å². The lowest BCUT2D eigenvalue weighted by Gasteiger charge is -2.34. The van der Waals surface area contributed by atoms with Crippen molar-refractivity contribution in [1.29, 1.82) is 0 Å². The molecule has 0 aromatic heterocycles. The van der Waals surface area contributed by atoms with Gasteiger partial charge < -0.3 is 14.4 Å². The lowest BCUT2D eigenvalue weighted by Crippen LogP contribution is -2.36. The Morgan fingerprint density at radius 2 is 1.92 bits per heavy atom. The minimum Gasteiger partial charge on any atom is -0.493 e. The highest BCUT2D eigenvalue weighted by Crippen LogP contribution is 2.47. The van der Waals surface area contributed by atoms with Crippen LogP contribution in [0.5, 0.6) is 11.5 Å². The van der Waals surface area contributed by atoms with Crippen LogP contribution in [0.1, 0.15) is 41.0 Å². The van der Waals surface area contributed by atoms with Crippen LogP contribution in [0.3, 0.4) is 0 Å². The Morgan fingerprint density at radius 1 is 1.12 bits per heavy atom. The van der Waals surface area contributed by atoms with E-state index in [0.29, 0.717) is 13.0 Å². The monoisotopic (exact) mass is 351 g/mol. The molecule has 1 saturated heterocycles. The van der Waals surface area contributed by atoms with E-state index in [2.05, 4.69) is 30.0 Å². The third-order valence-corrected chi connectivity index (χ3v) is 5.96. The van der Waals surface area contributed by atoms with Gasteiger partial charge in [0.1, 0.15) is 0 Å². The van der Waals surface area contributed by atoms with Crippen LogP contribution >= 0.6 is 0 Å². The molecule has 4 nitrogen and oxygen atoms in total. The quantitative estimate of drug-likeness (QED) is 0.840. The summed E-state index contributed by atoms with van der Waals surface area (Å²) in [4.78, 5) is 14.9. The van der Waals surface area contributed by atoms with Crippen LogP contribution in [0, 0.1) is 6.92 Å². The maximum atomic E-state index is 12.8. The highest BCUT2D eigenvalue weighted by atomic mass is 16.5.